The number of allylic oxidation sites excluding steroid dienone is 8. The number of ketones is 1. The Morgan fingerprint density at radius 3 is 2.00 bits per heavy atom. The first-order chi connectivity index (χ1) is 34.3. The van der Waals surface area contributed by atoms with Gasteiger partial charge in [-0.2, -0.15) is 0 Å². The van der Waals surface area contributed by atoms with Crippen molar-refractivity contribution in [1.82, 2.24) is 0 Å². The Morgan fingerprint density at radius 2 is 1.38 bits per heavy atom. The topological polar surface area (TPSA) is 314 Å². The number of ether oxygens (including phenoxy) is 2. The van der Waals surface area contributed by atoms with Gasteiger partial charge in [0.05, 0.1) is 36.9 Å². The number of hydrogen-bond donors (Lipinski definition) is 9. The van der Waals surface area contributed by atoms with Gasteiger partial charge in [-0.05, 0) is 70.6 Å². The lowest BCUT2D eigenvalue weighted by atomic mass is 9.82. The van der Waals surface area contributed by atoms with E-state index >= 15 is 0 Å². The molecule has 1 heterocycles. The lowest BCUT2D eigenvalue weighted by Crippen LogP contribution is -2.56. The minimum Gasteiger partial charge on any atom is -0.462 e. The minimum absolute atomic E-state index is 0.0170. The lowest BCUT2D eigenvalue weighted by Gasteiger charge is -2.38. The lowest BCUT2D eigenvalue weighted by molar-refractivity contribution is -0.165. The summed E-state index contributed by atoms with van der Waals surface area (Å²) < 4.78 is 52.1. The van der Waals surface area contributed by atoms with Crippen molar-refractivity contribution in [2.45, 2.75) is 216 Å². The standard InChI is InChI=1S/C51H86O19P2/c1-3-5-7-8-9-10-11-12-13-14-15-16-17-18-19-20-21-22-27-31-44(55)66-36-39-37-67-72(64,65)70-51-49(60)48(59)46(57)40(30-26-23-24-28-32-45(56)68-39)42(53)35-43(54)41(34-33-38(52)29-25-6-4-2)47(58)50(51)69-71(61,62)63/h9-10,12-13,15-16,18-19,33-34,38-42,46-53,57-60H,3-8,11,14,17,20-32,35-37H2,1-2H3,(H,64,65)(H2,61,62,63)/b10-9-,13-12-,16-15-,19-18-,34-33+/t38-,39+,40-,41-,42-,46+,47+,48-,49+,50+,51-/m0/s1. The third kappa shape index (κ3) is 28.3. The van der Waals surface area contributed by atoms with Gasteiger partial charge in [-0.25, -0.2) is 9.13 Å². The molecule has 1 saturated carbocycles. The molecule has 2 rings (SSSR count). The molecule has 0 amide bonds. The zero-order chi connectivity index (χ0) is 53.4. The molecule has 2 fully saturated rings. The maximum atomic E-state index is 13.9. The Kier molecular flexibility index (Phi) is 33.7. The molecule has 0 aromatic rings. The second kappa shape index (κ2) is 37.1. The van der Waals surface area contributed by atoms with E-state index in [-0.39, 0.29) is 32.1 Å². The minimum atomic E-state index is -5.79. The average Bonchev–Trinajstić information content (AvgIpc) is 3.32. The van der Waals surface area contributed by atoms with E-state index in [4.69, 9.17) is 23.0 Å². The first kappa shape index (κ1) is 65.4. The fourth-order valence-electron chi connectivity index (χ4n) is 8.34. The molecule has 2 aliphatic rings. The second-order valence-corrected chi connectivity index (χ2v) is 21.3. The van der Waals surface area contributed by atoms with Gasteiger partial charge in [0.2, 0.25) is 0 Å². The van der Waals surface area contributed by atoms with Gasteiger partial charge in [0.25, 0.3) is 0 Å². The summed E-state index contributed by atoms with van der Waals surface area (Å²) >= 11 is 0. The van der Waals surface area contributed by atoms with Crippen LogP contribution in [-0.4, -0.2) is 131 Å². The number of cyclic esters (lactones) is 1. The second-order valence-electron chi connectivity index (χ2n) is 18.7. The first-order valence-electron chi connectivity index (χ1n) is 25.9. The Hall–Kier alpha value is -2.71. The van der Waals surface area contributed by atoms with Crippen LogP contribution in [0.15, 0.2) is 60.8 Å². The highest BCUT2D eigenvalue weighted by Gasteiger charge is 2.51. The van der Waals surface area contributed by atoms with Crippen molar-refractivity contribution in [3.8, 4) is 0 Å². The number of unbranched alkanes of at least 4 members (excludes halogenated alkanes) is 8. The van der Waals surface area contributed by atoms with E-state index in [9.17, 15) is 68.8 Å². The smallest absolute Gasteiger partial charge is 0.462 e. The Balaban J connectivity index is 2.21. The summed E-state index contributed by atoms with van der Waals surface area (Å²) in [6.07, 6.45) is 13.0. The van der Waals surface area contributed by atoms with Crippen LogP contribution in [0, 0.1) is 11.8 Å². The normalized spacial score (nSPS) is 29.8. The highest BCUT2D eigenvalue weighted by atomic mass is 31.2. The van der Waals surface area contributed by atoms with Gasteiger partial charge in [-0.15, -0.1) is 0 Å². The van der Waals surface area contributed by atoms with Crippen molar-refractivity contribution < 1.29 is 91.9 Å². The third-order valence-corrected chi connectivity index (χ3v) is 14.0. The molecule has 414 valence electrons. The fraction of sp³-hybridized carbons (Fsp3) is 0.745. The van der Waals surface area contributed by atoms with Gasteiger partial charge in [-0.1, -0.05) is 132 Å². The van der Waals surface area contributed by atoms with Crippen LogP contribution in [0.4, 0.5) is 0 Å². The maximum Gasteiger partial charge on any atom is 0.472 e. The Labute approximate surface area is 426 Å². The van der Waals surface area contributed by atoms with Crippen LogP contribution in [-0.2, 0) is 46.6 Å². The molecule has 0 spiro atoms. The highest BCUT2D eigenvalue weighted by molar-refractivity contribution is 7.47. The number of Topliss-reactive ketones (excluding diaryl/α,β-unsaturated/α-hetero) is 1. The molecular weight excluding hydrogens is 978 g/mol. The average molecular weight is 1070 g/mol. The summed E-state index contributed by atoms with van der Waals surface area (Å²) in [6, 6.07) is 0. The number of aliphatic hydroxyl groups is 6. The summed E-state index contributed by atoms with van der Waals surface area (Å²) in [6.45, 7) is 2.52. The number of carbonyl (C=O) groups is 3. The zero-order valence-corrected chi connectivity index (χ0v) is 44.1. The predicted octanol–water partition coefficient (Wildman–Crippen LogP) is 7.21. The van der Waals surface area contributed by atoms with Crippen LogP contribution < -0.4 is 0 Å². The largest absolute Gasteiger partial charge is 0.472 e. The molecule has 72 heavy (non-hydrogen) atoms. The molecule has 1 saturated heterocycles. The van der Waals surface area contributed by atoms with Gasteiger partial charge in [-0.3, -0.25) is 28.0 Å². The Bertz CT molecular complexity index is 1780. The van der Waals surface area contributed by atoms with E-state index in [0.717, 1.165) is 63.5 Å². The summed E-state index contributed by atoms with van der Waals surface area (Å²) in [5, 5.41) is 68.1. The summed E-state index contributed by atoms with van der Waals surface area (Å²) in [4.78, 5) is 70.7. The van der Waals surface area contributed by atoms with Crippen molar-refractivity contribution >= 4 is 33.4 Å². The predicted molar refractivity (Wildman–Crippen MR) is 270 cm³/mol. The first-order valence-corrected chi connectivity index (χ1v) is 29.0. The fourth-order valence-corrected chi connectivity index (χ4v) is 9.87. The van der Waals surface area contributed by atoms with E-state index in [1.807, 2.05) is 6.92 Å². The molecule has 2 bridgehead atoms. The molecule has 9 N–H and O–H groups in total. The summed E-state index contributed by atoms with van der Waals surface area (Å²) in [5.74, 6) is -5.66. The number of hydrogen-bond acceptors (Lipinski definition) is 16. The number of phosphoric acid groups is 2. The van der Waals surface area contributed by atoms with Gasteiger partial charge in [0.1, 0.15) is 36.8 Å². The molecule has 1 unspecified atom stereocenters. The van der Waals surface area contributed by atoms with Crippen LogP contribution in [0.1, 0.15) is 162 Å². The van der Waals surface area contributed by atoms with Crippen LogP contribution in [0.3, 0.4) is 0 Å². The molecule has 0 aromatic carbocycles. The molecule has 0 radical (unpaired) electrons. The van der Waals surface area contributed by atoms with E-state index < -0.39 is 120 Å². The van der Waals surface area contributed by atoms with E-state index in [1.165, 1.54) is 19.3 Å². The van der Waals surface area contributed by atoms with Crippen molar-refractivity contribution in [1.29, 1.82) is 0 Å². The number of fused-ring (bicyclic) bond motifs is 4. The van der Waals surface area contributed by atoms with Crippen molar-refractivity contribution in [3.63, 3.8) is 0 Å². The number of esters is 2. The van der Waals surface area contributed by atoms with Gasteiger partial charge in [0.15, 0.2) is 6.10 Å². The van der Waals surface area contributed by atoms with E-state index in [0.29, 0.717) is 38.5 Å². The number of rotatable bonds is 26. The molecule has 12 atom stereocenters. The SMILES string of the molecule is CCCCC/C=C\C/C=C\C/C=C\C/C=C\CCCCCC(=O)OC[C@@H]1COP(=O)(O)O[C@H]2[C@H](O)[C@@H](O)[C@H](O)[C@@H](CCCCCCC(=O)O1)[C@@H](O)CC(=O)[C@H](/C=C/[C@@H](O)CCCCC)[C@@H](O)[C@H]2OP(=O)(O)O. The zero-order valence-electron chi connectivity index (χ0n) is 42.3. The van der Waals surface area contributed by atoms with Gasteiger partial charge < -0.3 is 54.8 Å². The van der Waals surface area contributed by atoms with Gasteiger partial charge in [0, 0.05) is 25.2 Å². The monoisotopic (exact) mass is 1060 g/mol. The molecular formula is C51H86O19P2. The number of phosphoric ester groups is 2. The van der Waals surface area contributed by atoms with E-state index in [2.05, 4.69) is 55.5 Å². The van der Waals surface area contributed by atoms with Crippen molar-refractivity contribution in [2.75, 3.05) is 13.2 Å². The molecule has 0 aromatic heterocycles. The molecule has 1 aliphatic carbocycles. The molecule has 21 heteroatoms. The van der Waals surface area contributed by atoms with Crippen LogP contribution in [0.2, 0.25) is 0 Å². The highest BCUT2D eigenvalue weighted by Crippen LogP contribution is 2.49. The van der Waals surface area contributed by atoms with Crippen molar-refractivity contribution in [3.05, 3.63) is 60.8 Å². The summed E-state index contributed by atoms with van der Waals surface area (Å²) in [7, 11) is -11.5. The molecule has 19 nitrogen and oxygen atoms in total. The van der Waals surface area contributed by atoms with Crippen LogP contribution in [0.25, 0.3) is 0 Å². The van der Waals surface area contributed by atoms with Crippen molar-refractivity contribution in [2.24, 2.45) is 11.8 Å². The summed E-state index contributed by atoms with van der Waals surface area (Å²) in [5.41, 5.74) is 0. The Morgan fingerprint density at radius 1 is 0.778 bits per heavy atom. The number of aliphatic hydroxyl groups excluding tert-OH is 6. The third-order valence-electron chi connectivity index (χ3n) is 12.5. The quantitative estimate of drug-likeness (QED) is 0.0179. The molecule has 1 aliphatic heterocycles. The maximum absolute atomic E-state index is 13.9. The van der Waals surface area contributed by atoms with Gasteiger partial charge >= 0.3 is 27.6 Å². The van der Waals surface area contributed by atoms with Crippen LogP contribution >= 0.6 is 15.6 Å². The number of carbonyl (C=O) groups excluding carboxylic acids is 3. The van der Waals surface area contributed by atoms with E-state index in [1.54, 1.807) is 0 Å². The van der Waals surface area contributed by atoms with Crippen LogP contribution in [0.5, 0.6) is 0 Å².